The van der Waals surface area contributed by atoms with E-state index in [0.717, 1.165) is 29.2 Å². The molecule has 0 aliphatic carbocycles. The van der Waals surface area contributed by atoms with Crippen molar-refractivity contribution in [2.45, 2.75) is 51.0 Å². The summed E-state index contributed by atoms with van der Waals surface area (Å²) in [5.41, 5.74) is 1.40. The number of nitrogens with one attached hydrogen (secondary N) is 1. The van der Waals surface area contributed by atoms with Gasteiger partial charge in [-0.2, -0.15) is 0 Å². The zero-order valence-corrected chi connectivity index (χ0v) is 20.2. The molecule has 0 spiro atoms. The van der Waals surface area contributed by atoms with Crippen LogP contribution in [0.2, 0.25) is 0 Å². The van der Waals surface area contributed by atoms with Crippen molar-refractivity contribution < 1.29 is 21.6 Å². The fourth-order valence-electron chi connectivity index (χ4n) is 3.09. The molecule has 174 valence electrons. The van der Waals surface area contributed by atoms with Crippen LogP contribution in [0, 0.1) is 0 Å². The highest BCUT2D eigenvalue weighted by atomic mass is 32.2. The van der Waals surface area contributed by atoms with Crippen LogP contribution in [0.3, 0.4) is 0 Å². The molecular weight excluding hydrogens is 440 g/mol. The topological polar surface area (TPSA) is 118 Å². The number of hydrogen-bond acceptors (Lipinski definition) is 6. The molecule has 1 aromatic carbocycles. The minimum absolute atomic E-state index is 0.0514. The number of imidazole rings is 1. The number of amides is 1. The van der Waals surface area contributed by atoms with Crippen molar-refractivity contribution in [3.63, 3.8) is 0 Å². The number of benzene rings is 1. The van der Waals surface area contributed by atoms with Gasteiger partial charge in [-0.3, -0.25) is 4.79 Å². The molecule has 1 amide bonds. The van der Waals surface area contributed by atoms with Gasteiger partial charge in [0, 0.05) is 45.8 Å². The second-order valence-electron chi connectivity index (χ2n) is 7.56. The van der Waals surface area contributed by atoms with E-state index in [1.807, 2.05) is 4.57 Å². The van der Waals surface area contributed by atoms with Gasteiger partial charge in [0.15, 0.2) is 9.84 Å². The molecule has 0 bridgehead atoms. The van der Waals surface area contributed by atoms with E-state index in [9.17, 15) is 21.6 Å². The summed E-state index contributed by atoms with van der Waals surface area (Å²) in [7, 11) is -3.73. The number of hydrogen-bond donors (Lipinski definition) is 1. The fraction of sp³-hybridized carbons (Fsp3) is 0.600. The molecule has 0 fully saturated rings. The number of sulfone groups is 1. The fourth-order valence-corrected chi connectivity index (χ4v) is 4.72. The minimum atomic E-state index is -3.57. The first kappa shape index (κ1) is 25.3. The van der Waals surface area contributed by atoms with E-state index in [0.29, 0.717) is 17.8 Å². The molecule has 2 rings (SSSR count). The maximum absolute atomic E-state index is 12.4. The molecule has 0 unspecified atom stereocenters. The maximum Gasteiger partial charge on any atom is 0.242 e. The van der Waals surface area contributed by atoms with Crippen molar-refractivity contribution in [3.8, 4) is 0 Å². The molecule has 2 aromatic rings. The first-order valence-corrected chi connectivity index (χ1v) is 13.7. The third-order valence-corrected chi connectivity index (χ3v) is 8.58. The van der Waals surface area contributed by atoms with Gasteiger partial charge in [-0.15, -0.1) is 0 Å². The number of unbranched alkanes of at least 4 members (excludes halogenated alkanes) is 1. The summed E-state index contributed by atoms with van der Waals surface area (Å²) in [6.07, 6.45) is 2.46. The molecule has 9 nitrogen and oxygen atoms in total. The van der Waals surface area contributed by atoms with E-state index in [1.165, 1.54) is 14.1 Å². The van der Waals surface area contributed by atoms with Crippen molar-refractivity contribution in [3.05, 3.63) is 24.0 Å². The molecule has 0 aliphatic heterocycles. The Labute approximate surface area is 184 Å². The maximum atomic E-state index is 12.4. The lowest BCUT2D eigenvalue weighted by Gasteiger charge is -2.11. The van der Waals surface area contributed by atoms with Crippen LogP contribution >= 0.6 is 0 Å². The highest BCUT2D eigenvalue weighted by Gasteiger charge is 2.20. The summed E-state index contributed by atoms with van der Waals surface area (Å²) in [6, 6.07) is 4.90. The van der Waals surface area contributed by atoms with Gasteiger partial charge in [0.2, 0.25) is 15.9 Å². The largest absolute Gasteiger partial charge is 0.355 e. The van der Waals surface area contributed by atoms with Crippen molar-refractivity contribution in [1.29, 1.82) is 0 Å². The lowest BCUT2D eigenvalue weighted by atomic mass is 10.2. The summed E-state index contributed by atoms with van der Waals surface area (Å²) in [6.45, 7) is 4.47. The minimum Gasteiger partial charge on any atom is -0.355 e. The van der Waals surface area contributed by atoms with Gasteiger partial charge >= 0.3 is 0 Å². The average molecular weight is 473 g/mol. The molecular formula is C20H32N4O5S2. The number of aromatic nitrogens is 2. The van der Waals surface area contributed by atoms with Gasteiger partial charge in [0.1, 0.15) is 5.82 Å². The number of carbonyl (C=O) groups excluding carboxylic acids is 1. The van der Waals surface area contributed by atoms with Crippen LogP contribution in [0.4, 0.5) is 0 Å². The Balaban J connectivity index is 2.20. The monoisotopic (exact) mass is 472 g/mol. The van der Waals surface area contributed by atoms with E-state index < -0.39 is 19.9 Å². The van der Waals surface area contributed by atoms with Crippen LogP contribution in [-0.2, 0) is 37.6 Å². The van der Waals surface area contributed by atoms with Gasteiger partial charge in [-0.05, 0) is 24.6 Å². The Morgan fingerprint density at radius 1 is 1.16 bits per heavy atom. The second-order valence-corrected chi connectivity index (χ2v) is 12.2. The predicted molar refractivity (Wildman–Crippen MR) is 121 cm³/mol. The zero-order chi connectivity index (χ0) is 23.2. The number of nitrogens with zero attached hydrogens (tertiary/aromatic N) is 3. The van der Waals surface area contributed by atoms with E-state index in [-0.39, 0.29) is 35.3 Å². The van der Waals surface area contributed by atoms with Crippen LogP contribution < -0.4 is 5.32 Å². The summed E-state index contributed by atoms with van der Waals surface area (Å²) in [4.78, 5) is 16.9. The Morgan fingerprint density at radius 3 is 2.48 bits per heavy atom. The predicted octanol–water partition coefficient (Wildman–Crippen LogP) is 1.57. The van der Waals surface area contributed by atoms with Crippen molar-refractivity contribution >= 4 is 36.8 Å². The first-order valence-electron chi connectivity index (χ1n) is 10.4. The van der Waals surface area contributed by atoms with Crippen molar-refractivity contribution in [2.75, 3.05) is 32.1 Å². The highest BCUT2D eigenvalue weighted by molar-refractivity contribution is 7.91. The molecule has 1 N–H and O–H groups in total. The molecule has 0 radical (unpaired) electrons. The average Bonchev–Trinajstić information content (AvgIpc) is 3.07. The summed E-state index contributed by atoms with van der Waals surface area (Å²) in [5, 5.41) is 2.64. The lowest BCUT2D eigenvalue weighted by Crippen LogP contribution is -2.29. The molecule has 0 atom stereocenters. The number of carbonyl (C=O) groups is 1. The third kappa shape index (κ3) is 6.50. The van der Waals surface area contributed by atoms with Crippen LogP contribution in [0.1, 0.15) is 38.9 Å². The SMILES string of the molecule is CCCCn1c(CCC(=O)NCCS(=O)(=O)CC)nc2cc(S(=O)(=O)N(C)C)ccc21. The van der Waals surface area contributed by atoms with Crippen LogP contribution in [-0.4, -0.2) is 68.7 Å². The van der Waals surface area contributed by atoms with Gasteiger partial charge in [-0.1, -0.05) is 20.3 Å². The Morgan fingerprint density at radius 2 is 1.87 bits per heavy atom. The first-order chi connectivity index (χ1) is 14.5. The summed E-state index contributed by atoms with van der Waals surface area (Å²) in [5.74, 6) is 0.443. The number of fused-ring (bicyclic) bond motifs is 1. The molecule has 31 heavy (non-hydrogen) atoms. The van der Waals surface area contributed by atoms with Gasteiger partial charge in [-0.25, -0.2) is 26.1 Å². The van der Waals surface area contributed by atoms with Crippen LogP contribution in [0.15, 0.2) is 23.1 Å². The molecule has 0 saturated heterocycles. The highest BCUT2D eigenvalue weighted by Crippen LogP contribution is 2.23. The standard InChI is InChI=1S/C20H32N4O5S2/c1-5-7-13-24-18-9-8-16(31(28,29)23(3)4)15-17(18)22-19(24)10-11-20(25)21-12-14-30(26,27)6-2/h8-9,15H,5-7,10-14H2,1-4H3,(H,21,25). The smallest absolute Gasteiger partial charge is 0.242 e. The normalized spacial score (nSPS) is 12.5. The van der Waals surface area contributed by atoms with Gasteiger partial charge in [0.25, 0.3) is 0 Å². The molecule has 0 aliphatic rings. The number of sulfonamides is 1. The second kappa shape index (κ2) is 10.6. The molecule has 1 heterocycles. The quantitative estimate of drug-likeness (QED) is 0.501. The summed E-state index contributed by atoms with van der Waals surface area (Å²) >= 11 is 0. The Kier molecular flexibility index (Phi) is 8.61. The Bertz CT molecular complexity index is 1120. The Hall–Kier alpha value is -1.98. The molecule has 11 heteroatoms. The number of rotatable bonds is 12. The van der Waals surface area contributed by atoms with Crippen molar-refractivity contribution in [1.82, 2.24) is 19.2 Å². The lowest BCUT2D eigenvalue weighted by molar-refractivity contribution is -0.120. The van der Waals surface area contributed by atoms with E-state index in [1.54, 1.807) is 25.1 Å². The van der Waals surface area contributed by atoms with Gasteiger partial charge < -0.3 is 9.88 Å². The van der Waals surface area contributed by atoms with E-state index in [2.05, 4.69) is 17.2 Å². The van der Waals surface area contributed by atoms with E-state index in [4.69, 9.17) is 0 Å². The summed E-state index contributed by atoms with van der Waals surface area (Å²) < 4.78 is 51.1. The van der Waals surface area contributed by atoms with Crippen molar-refractivity contribution in [2.24, 2.45) is 0 Å². The zero-order valence-electron chi connectivity index (χ0n) is 18.6. The van der Waals surface area contributed by atoms with E-state index >= 15 is 0 Å². The molecule has 1 aromatic heterocycles. The van der Waals surface area contributed by atoms with Crippen LogP contribution in [0.25, 0.3) is 11.0 Å². The molecule has 0 saturated carbocycles. The van der Waals surface area contributed by atoms with Crippen LogP contribution in [0.5, 0.6) is 0 Å². The van der Waals surface area contributed by atoms with Gasteiger partial charge in [0.05, 0.1) is 21.7 Å². The third-order valence-electron chi connectivity index (χ3n) is 5.06. The number of aryl methyl sites for hydroxylation is 2.